The monoisotopic (exact) mass is 353 g/mol. The minimum atomic E-state index is -2.89. The third-order valence-electron chi connectivity index (χ3n) is 3.35. The van der Waals surface area contributed by atoms with E-state index < -0.39 is 9.84 Å². The van der Waals surface area contributed by atoms with E-state index in [-0.39, 0.29) is 18.3 Å². The van der Waals surface area contributed by atoms with Crippen molar-refractivity contribution in [3.05, 3.63) is 0 Å². The zero-order valence-electron chi connectivity index (χ0n) is 15.0. The van der Waals surface area contributed by atoms with Crippen molar-refractivity contribution in [3.63, 3.8) is 0 Å². The molecule has 0 rings (SSSR count). The Kier molecular flexibility index (Phi) is 11.4. The second-order valence-electron chi connectivity index (χ2n) is 6.32. The van der Waals surface area contributed by atoms with Gasteiger partial charge >= 0.3 is 0 Å². The Morgan fingerprint density at radius 1 is 1.09 bits per heavy atom. The quantitative estimate of drug-likeness (QED) is 0.353. The van der Waals surface area contributed by atoms with E-state index in [1.165, 1.54) is 6.26 Å². The number of sulfone groups is 1. The molecule has 138 valence electrons. The molecule has 23 heavy (non-hydrogen) atoms. The smallest absolute Gasteiger partial charge is 0.246 e. The Morgan fingerprint density at radius 2 is 1.70 bits per heavy atom. The topological polar surface area (TPSA) is 81.7 Å². The van der Waals surface area contributed by atoms with Gasteiger partial charge in [0.25, 0.3) is 0 Å². The highest BCUT2D eigenvalue weighted by Gasteiger charge is 2.15. The van der Waals surface area contributed by atoms with Crippen molar-refractivity contribution in [1.82, 2.24) is 5.32 Å². The van der Waals surface area contributed by atoms with Crippen molar-refractivity contribution in [2.45, 2.75) is 19.8 Å². The number of carbonyl (C=O) groups is 1. The van der Waals surface area contributed by atoms with Gasteiger partial charge in [0.05, 0.1) is 46.2 Å². The minimum absolute atomic E-state index is 0.0552. The summed E-state index contributed by atoms with van der Waals surface area (Å²) >= 11 is 0. The average Bonchev–Trinajstić information content (AvgIpc) is 2.42. The van der Waals surface area contributed by atoms with Gasteiger partial charge in [-0.05, 0) is 6.92 Å². The fourth-order valence-electron chi connectivity index (χ4n) is 2.08. The molecule has 0 fully saturated rings. The van der Waals surface area contributed by atoms with Gasteiger partial charge < -0.3 is 19.3 Å². The maximum atomic E-state index is 11.5. The molecule has 0 heterocycles. The largest absolute Gasteiger partial charge is 0.379 e. The van der Waals surface area contributed by atoms with Crippen LogP contribution in [0.5, 0.6) is 0 Å². The molecule has 0 radical (unpaired) electrons. The number of hydrogen-bond acceptors (Lipinski definition) is 5. The van der Waals surface area contributed by atoms with E-state index in [0.29, 0.717) is 32.8 Å². The fourth-order valence-corrected chi connectivity index (χ4v) is 2.73. The molecule has 1 amide bonds. The SMILES string of the molecule is CCOCCOCC(=O)NCCC[N+](C)(C)CCCS(C)(=O)=O. The first-order valence-corrected chi connectivity index (χ1v) is 10.1. The lowest BCUT2D eigenvalue weighted by Crippen LogP contribution is -2.43. The number of nitrogens with one attached hydrogen (secondary N) is 1. The molecule has 1 N–H and O–H groups in total. The second kappa shape index (κ2) is 11.8. The van der Waals surface area contributed by atoms with Crippen LogP contribution in [-0.2, 0) is 24.1 Å². The summed E-state index contributed by atoms with van der Waals surface area (Å²) in [5, 5.41) is 2.82. The molecule has 7 nitrogen and oxygen atoms in total. The molecule has 0 aliphatic carbocycles. The first-order chi connectivity index (χ1) is 10.7. The van der Waals surface area contributed by atoms with Crippen molar-refractivity contribution in [2.24, 2.45) is 0 Å². The summed E-state index contributed by atoms with van der Waals surface area (Å²) in [6.07, 6.45) is 2.77. The third kappa shape index (κ3) is 16.0. The van der Waals surface area contributed by atoms with Crippen LogP contribution in [0.3, 0.4) is 0 Å². The van der Waals surface area contributed by atoms with Crippen molar-refractivity contribution >= 4 is 15.7 Å². The normalized spacial score (nSPS) is 12.3. The molecule has 8 heteroatoms. The van der Waals surface area contributed by atoms with Crippen LogP contribution in [-0.4, -0.2) is 91.0 Å². The summed E-state index contributed by atoms with van der Waals surface area (Å²) in [4.78, 5) is 11.5. The molecule has 0 aromatic rings. The van der Waals surface area contributed by atoms with E-state index in [1.54, 1.807) is 0 Å². The van der Waals surface area contributed by atoms with Gasteiger partial charge in [0.2, 0.25) is 5.91 Å². The van der Waals surface area contributed by atoms with E-state index in [0.717, 1.165) is 24.0 Å². The zero-order chi connectivity index (χ0) is 17.8. The molecule has 0 saturated carbocycles. The number of quaternary nitrogens is 1. The second-order valence-corrected chi connectivity index (χ2v) is 8.58. The van der Waals surface area contributed by atoms with Crippen LogP contribution in [0.1, 0.15) is 19.8 Å². The number of hydrogen-bond donors (Lipinski definition) is 1. The Labute approximate surface area is 140 Å². The van der Waals surface area contributed by atoms with Crippen molar-refractivity contribution in [3.8, 4) is 0 Å². The predicted octanol–water partition coefficient (Wildman–Crippen LogP) is 0.0569. The van der Waals surface area contributed by atoms with Gasteiger partial charge in [-0.3, -0.25) is 4.79 Å². The lowest BCUT2D eigenvalue weighted by Gasteiger charge is -2.29. The average molecular weight is 354 g/mol. The molecule has 0 atom stereocenters. The maximum Gasteiger partial charge on any atom is 0.246 e. The highest BCUT2D eigenvalue weighted by molar-refractivity contribution is 7.90. The van der Waals surface area contributed by atoms with Gasteiger partial charge in [0.15, 0.2) is 0 Å². The first kappa shape index (κ1) is 22.3. The van der Waals surface area contributed by atoms with Crippen molar-refractivity contribution < 1.29 is 27.2 Å². The first-order valence-electron chi connectivity index (χ1n) is 8.08. The summed E-state index contributed by atoms with van der Waals surface area (Å²) in [6.45, 7) is 5.83. The molecule has 0 aliphatic heterocycles. The van der Waals surface area contributed by atoms with Gasteiger partial charge in [-0.2, -0.15) is 0 Å². The maximum absolute atomic E-state index is 11.5. The van der Waals surface area contributed by atoms with Gasteiger partial charge in [-0.15, -0.1) is 0 Å². The van der Waals surface area contributed by atoms with Crippen LogP contribution in [0.4, 0.5) is 0 Å². The standard InChI is InChI=1S/C15H32N2O5S/c1-5-21-11-12-22-14-15(18)16-8-6-9-17(2,3)10-7-13-23(4,19)20/h5-14H2,1-4H3/p+1. The van der Waals surface area contributed by atoms with E-state index >= 15 is 0 Å². The molecule has 0 aliphatic rings. The fraction of sp³-hybridized carbons (Fsp3) is 0.933. The van der Waals surface area contributed by atoms with Gasteiger partial charge in [-0.25, -0.2) is 8.42 Å². The van der Waals surface area contributed by atoms with Crippen LogP contribution in [0.15, 0.2) is 0 Å². The molecule has 0 bridgehead atoms. The Balaban J connectivity index is 3.66. The van der Waals surface area contributed by atoms with E-state index in [4.69, 9.17) is 9.47 Å². The van der Waals surface area contributed by atoms with E-state index in [2.05, 4.69) is 19.4 Å². The number of carbonyl (C=O) groups excluding carboxylic acids is 1. The van der Waals surface area contributed by atoms with Crippen molar-refractivity contribution in [1.29, 1.82) is 0 Å². The summed E-state index contributed by atoms with van der Waals surface area (Å²) in [6, 6.07) is 0. The predicted molar refractivity (Wildman–Crippen MR) is 91.1 cm³/mol. The van der Waals surface area contributed by atoms with Crippen LogP contribution < -0.4 is 5.32 Å². The molecule has 0 spiro atoms. The number of ether oxygens (including phenoxy) is 2. The summed E-state index contributed by atoms with van der Waals surface area (Å²) in [5.74, 6) is 0.105. The highest BCUT2D eigenvalue weighted by atomic mass is 32.2. The van der Waals surface area contributed by atoms with E-state index in [9.17, 15) is 13.2 Å². The summed E-state index contributed by atoms with van der Waals surface area (Å²) in [7, 11) is 1.25. The zero-order valence-corrected chi connectivity index (χ0v) is 15.8. The Hall–Kier alpha value is -0.700. The molecule has 0 aromatic heterocycles. The van der Waals surface area contributed by atoms with Crippen LogP contribution in [0.25, 0.3) is 0 Å². The number of amides is 1. The van der Waals surface area contributed by atoms with Gasteiger partial charge in [-0.1, -0.05) is 0 Å². The van der Waals surface area contributed by atoms with Gasteiger partial charge in [0.1, 0.15) is 16.4 Å². The third-order valence-corrected chi connectivity index (χ3v) is 4.38. The molecule has 0 aromatic carbocycles. The van der Waals surface area contributed by atoms with Crippen LogP contribution in [0.2, 0.25) is 0 Å². The van der Waals surface area contributed by atoms with Crippen molar-refractivity contribution in [2.75, 3.05) is 72.2 Å². The number of rotatable bonds is 14. The van der Waals surface area contributed by atoms with Crippen LogP contribution >= 0.6 is 0 Å². The Bertz CT molecular complexity index is 424. The van der Waals surface area contributed by atoms with Crippen LogP contribution in [0, 0.1) is 0 Å². The molecule has 0 saturated heterocycles. The minimum Gasteiger partial charge on any atom is -0.379 e. The molecular weight excluding hydrogens is 320 g/mol. The Morgan fingerprint density at radius 3 is 2.30 bits per heavy atom. The lowest BCUT2D eigenvalue weighted by molar-refractivity contribution is -0.890. The van der Waals surface area contributed by atoms with Gasteiger partial charge in [0, 0.05) is 32.2 Å². The number of nitrogens with zero attached hydrogens (tertiary/aromatic N) is 1. The summed E-state index contributed by atoms with van der Waals surface area (Å²) in [5.41, 5.74) is 0. The molecule has 0 unspecified atom stereocenters. The summed E-state index contributed by atoms with van der Waals surface area (Å²) < 4.78 is 33.3. The van der Waals surface area contributed by atoms with E-state index in [1.807, 2.05) is 6.92 Å². The lowest BCUT2D eigenvalue weighted by atomic mass is 10.3. The molecular formula is C15H33N2O5S+. The highest BCUT2D eigenvalue weighted by Crippen LogP contribution is 2.02.